The number of unbranched alkanes of at least 4 members (excludes halogenated alkanes) is 1. The van der Waals surface area contributed by atoms with Crippen LogP contribution in [0.2, 0.25) is 0 Å². The van der Waals surface area contributed by atoms with Crippen LogP contribution in [-0.4, -0.2) is 42.3 Å². The summed E-state index contributed by atoms with van der Waals surface area (Å²) in [6.45, 7) is 4.60. The molecule has 0 atom stereocenters. The summed E-state index contributed by atoms with van der Waals surface area (Å²) in [4.78, 5) is 28.1. The Morgan fingerprint density at radius 2 is 1.92 bits per heavy atom. The second-order valence-corrected chi connectivity index (χ2v) is 9.05. The van der Waals surface area contributed by atoms with E-state index in [-0.39, 0.29) is 16.3 Å². The molecule has 1 amide bonds. The van der Waals surface area contributed by atoms with Crippen molar-refractivity contribution < 1.29 is 33.0 Å². The van der Waals surface area contributed by atoms with Crippen molar-refractivity contribution in [3.05, 3.63) is 69.6 Å². The molecule has 0 aliphatic heterocycles. The van der Waals surface area contributed by atoms with Crippen LogP contribution in [-0.2, 0) is 16.0 Å². The number of amides is 1. The number of thiazole rings is 1. The molecule has 0 bridgehead atoms. The third-order valence-electron chi connectivity index (χ3n) is 5.50. The molecule has 0 saturated heterocycles. The smallest absolute Gasteiger partial charge is 0.331 e. The number of ether oxygens (including phenoxy) is 2. The van der Waals surface area contributed by atoms with E-state index < -0.39 is 29.1 Å². The standard InChI is InChI=1S/C27H28F2N2O5S/c1-4-5-10-36-11-9-17-7-6-8-19(24(17)35-3)23-15-37-27(30-23)31-25(32)18-13-21(28)20(22(29)14-18)12-16(2)26(33)34/h6-8,12-15H,4-5,9-11H2,1-3H3,(H,33,34)(H,30,31,32). The van der Waals surface area contributed by atoms with E-state index in [1.54, 1.807) is 12.5 Å². The fourth-order valence-corrected chi connectivity index (χ4v) is 4.22. The topological polar surface area (TPSA) is 97.8 Å². The number of hydrogen-bond acceptors (Lipinski definition) is 6. The number of carbonyl (C=O) groups excluding carboxylic acids is 1. The Morgan fingerprint density at radius 3 is 2.57 bits per heavy atom. The van der Waals surface area contributed by atoms with Gasteiger partial charge in [-0.15, -0.1) is 11.3 Å². The molecule has 196 valence electrons. The van der Waals surface area contributed by atoms with E-state index in [4.69, 9.17) is 14.6 Å². The van der Waals surface area contributed by atoms with E-state index in [2.05, 4.69) is 17.2 Å². The summed E-state index contributed by atoms with van der Waals surface area (Å²) in [6, 6.07) is 7.41. The van der Waals surface area contributed by atoms with Crippen molar-refractivity contribution in [3.63, 3.8) is 0 Å². The van der Waals surface area contributed by atoms with Crippen LogP contribution in [0.15, 0.2) is 41.3 Å². The van der Waals surface area contributed by atoms with Crippen molar-refractivity contribution in [1.82, 2.24) is 4.98 Å². The van der Waals surface area contributed by atoms with Gasteiger partial charge in [0.05, 0.1) is 19.4 Å². The highest BCUT2D eigenvalue weighted by atomic mass is 32.1. The number of para-hydroxylation sites is 1. The van der Waals surface area contributed by atoms with Gasteiger partial charge in [-0.25, -0.2) is 18.6 Å². The van der Waals surface area contributed by atoms with Crippen LogP contribution >= 0.6 is 11.3 Å². The molecule has 0 unspecified atom stereocenters. The van der Waals surface area contributed by atoms with Gasteiger partial charge in [0, 0.05) is 34.3 Å². The van der Waals surface area contributed by atoms with Crippen molar-refractivity contribution in [2.45, 2.75) is 33.1 Å². The minimum atomic E-state index is -1.30. The van der Waals surface area contributed by atoms with Gasteiger partial charge in [-0.05, 0) is 49.6 Å². The molecule has 0 aliphatic rings. The number of rotatable bonds is 12. The zero-order valence-electron chi connectivity index (χ0n) is 20.8. The fraction of sp³-hybridized carbons (Fsp3) is 0.296. The number of aromatic nitrogens is 1. The molecule has 0 radical (unpaired) electrons. The Kier molecular flexibility index (Phi) is 9.87. The molecule has 0 saturated carbocycles. The zero-order valence-corrected chi connectivity index (χ0v) is 21.6. The number of carbonyl (C=O) groups is 2. The van der Waals surface area contributed by atoms with Gasteiger partial charge in [-0.3, -0.25) is 10.1 Å². The van der Waals surface area contributed by atoms with E-state index in [1.165, 1.54) is 6.92 Å². The molecule has 0 fully saturated rings. The molecule has 7 nitrogen and oxygen atoms in total. The van der Waals surface area contributed by atoms with Crippen LogP contribution in [0.1, 0.15) is 48.2 Å². The molecule has 2 aromatic carbocycles. The molecule has 10 heteroatoms. The van der Waals surface area contributed by atoms with Gasteiger partial charge in [-0.1, -0.05) is 25.5 Å². The Morgan fingerprint density at radius 1 is 1.19 bits per heavy atom. The lowest BCUT2D eigenvalue weighted by Crippen LogP contribution is -2.13. The van der Waals surface area contributed by atoms with E-state index in [0.717, 1.165) is 53.5 Å². The summed E-state index contributed by atoms with van der Waals surface area (Å²) in [5.41, 5.74) is 1.25. The van der Waals surface area contributed by atoms with E-state index >= 15 is 0 Å². The normalized spacial score (nSPS) is 11.4. The van der Waals surface area contributed by atoms with Gasteiger partial charge < -0.3 is 14.6 Å². The molecule has 1 heterocycles. The number of hydrogen-bond donors (Lipinski definition) is 2. The lowest BCUT2D eigenvalue weighted by Gasteiger charge is -2.12. The first-order chi connectivity index (χ1) is 17.7. The fourth-order valence-electron chi connectivity index (χ4n) is 3.51. The summed E-state index contributed by atoms with van der Waals surface area (Å²) in [5.74, 6) is -3.50. The second kappa shape index (κ2) is 13.1. The number of nitrogens with zero attached hydrogens (tertiary/aromatic N) is 1. The predicted molar refractivity (Wildman–Crippen MR) is 139 cm³/mol. The number of halogens is 2. The summed E-state index contributed by atoms with van der Waals surface area (Å²) in [7, 11) is 1.58. The lowest BCUT2D eigenvalue weighted by atomic mass is 10.0. The lowest BCUT2D eigenvalue weighted by molar-refractivity contribution is -0.132. The number of nitrogens with one attached hydrogen (secondary N) is 1. The van der Waals surface area contributed by atoms with Crippen LogP contribution in [0, 0.1) is 11.6 Å². The van der Waals surface area contributed by atoms with Crippen LogP contribution in [0.3, 0.4) is 0 Å². The van der Waals surface area contributed by atoms with Gasteiger partial charge >= 0.3 is 5.97 Å². The van der Waals surface area contributed by atoms with Crippen molar-refractivity contribution in [1.29, 1.82) is 0 Å². The number of carboxylic acids is 1. The first-order valence-corrected chi connectivity index (χ1v) is 12.5. The summed E-state index contributed by atoms with van der Waals surface area (Å²) < 4.78 is 40.2. The molecule has 2 N–H and O–H groups in total. The Labute approximate surface area is 217 Å². The number of benzene rings is 2. The third-order valence-corrected chi connectivity index (χ3v) is 6.26. The van der Waals surface area contributed by atoms with Crippen molar-refractivity contribution in [2.75, 3.05) is 25.6 Å². The molecule has 3 aromatic rings. The Hall–Kier alpha value is -3.63. The number of aliphatic carboxylic acids is 1. The average Bonchev–Trinajstić information content (AvgIpc) is 3.33. The highest BCUT2D eigenvalue weighted by molar-refractivity contribution is 7.14. The molecule has 37 heavy (non-hydrogen) atoms. The van der Waals surface area contributed by atoms with Crippen molar-refractivity contribution in [3.8, 4) is 17.0 Å². The quantitative estimate of drug-likeness (QED) is 0.214. The highest BCUT2D eigenvalue weighted by Gasteiger charge is 2.18. The maximum Gasteiger partial charge on any atom is 0.331 e. The number of carboxylic acid groups (broad SMARTS) is 1. The SMILES string of the molecule is CCCCOCCc1cccc(-c2csc(NC(=O)c3cc(F)c(C=C(C)C(=O)O)c(F)c3)n2)c1OC. The number of methoxy groups -OCH3 is 1. The minimum Gasteiger partial charge on any atom is -0.496 e. The van der Waals surface area contributed by atoms with E-state index in [0.29, 0.717) is 31.1 Å². The Bertz CT molecular complexity index is 1280. The summed E-state index contributed by atoms with van der Waals surface area (Å²) >= 11 is 1.16. The minimum absolute atomic E-state index is 0.238. The van der Waals surface area contributed by atoms with Crippen LogP contribution in [0.25, 0.3) is 17.3 Å². The van der Waals surface area contributed by atoms with Gasteiger partial charge in [0.15, 0.2) is 5.13 Å². The number of anilines is 1. The molecule has 3 rings (SSSR count). The summed E-state index contributed by atoms with van der Waals surface area (Å²) in [6.07, 6.45) is 3.62. The Balaban J connectivity index is 1.76. The second-order valence-electron chi connectivity index (χ2n) is 8.19. The van der Waals surface area contributed by atoms with Crippen molar-refractivity contribution >= 4 is 34.4 Å². The first-order valence-electron chi connectivity index (χ1n) is 11.7. The van der Waals surface area contributed by atoms with E-state index in [1.807, 2.05) is 18.2 Å². The third kappa shape index (κ3) is 7.21. The van der Waals surface area contributed by atoms with E-state index in [9.17, 15) is 18.4 Å². The predicted octanol–water partition coefficient (Wildman–Crippen LogP) is 6.20. The average molecular weight is 531 g/mol. The van der Waals surface area contributed by atoms with Gasteiger partial charge in [-0.2, -0.15) is 0 Å². The highest BCUT2D eigenvalue weighted by Crippen LogP contribution is 2.35. The van der Waals surface area contributed by atoms with Gasteiger partial charge in [0.1, 0.15) is 17.4 Å². The summed E-state index contributed by atoms with van der Waals surface area (Å²) in [5, 5.41) is 13.5. The van der Waals surface area contributed by atoms with Crippen LogP contribution < -0.4 is 10.1 Å². The van der Waals surface area contributed by atoms with Crippen LogP contribution in [0.5, 0.6) is 5.75 Å². The largest absolute Gasteiger partial charge is 0.496 e. The molecule has 0 spiro atoms. The molecule has 0 aliphatic carbocycles. The zero-order chi connectivity index (χ0) is 26.9. The van der Waals surface area contributed by atoms with Gasteiger partial charge in [0.2, 0.25) is 0 Å². The maximum absolute atomic E-state index is 14.4. The first kappa shape index (κ1) is 27.9. The monoisotopic (exact) mass is 530 g/mol. The molecular formula is C27H28F2N2O5S. The van der Waals surface area contributed by atoms with Crippen LogP contribution in [0.4, 0.5) is 13.9 Å². The molecule has 1 aromatic heterocycles. The van der Waals surface area contributed by atoms with Gasteiger partial charge in [0.25, 0.3) is 5.91 Å². The van der Waals surface area contributed by atoms with Crippen molar-refractivity contribution in [2.24, 2.45) is 0 Å². The molecular weight excluding hydrogens is 502 g/mol. The maximum atomic E-state index is 14.4.